The molecule has 0 aromatic heterocycles. The molecule has 0 bridgehead atoms. The number of likely N-dealkylation sites (N-methyl/N-ethyl adjacent to an activating group) is 1. The number of amides is 1. The van der Waals surface area contributed by atoms with Gasteiger partial charge in [0.1, 0.15) is 0 Å². The Morgan fingerprint density at radius 3 is 2.75 bits per heavy atom. The number of carbonyl (C=O) groups is 1. The van der Waals surface area contributed by atoms with Gasteiger partial charge in [0.15, 0.2) is 0 Å². The molecule has 1 unspecified atom stereocenters. The minimum Gasteiger partial charge on any atom is -0.368 e. The van der Waals surface area contributed by atoms with Crippen LogP contribution in [0.5, 0.6) is 0 Å². The third-order valence-corrected chi connectivity index (χ3v) is 3.21. The van der Waals surface area contributed by atoms with E-state index < -0.39 is 0 Å². The van der Waals surface area contributed by atoms with Crippen molar-refractivity contribution >= 4 is 5.91 Å². The Morgan fingerprint density at radius 1 is 1.56 bits per heavy atom. The molecule has 0 aromatic carbocycles. The van der Waals surface area contributed by atoms with Crippen molar-refractivity contribution < 1.29 is 4.79 Å². The van der Waals surface area contributed by atoms with Gasteiger partial charge in [-0.25, -0.2) is 0 Å². The van der Waals surface area contributed by atoms with Gasteiger partial charge in [-0.3, -0.25) is 4.79 Å². The predicted molar refractivity (Wildman–Crippen MR) is 66.1 cm³/mol. The van der Waals surface area contributed by atoms with Crippen LogP contribution in [0.1, 0.15) is 33.6 Å². The number of piperidine rings is 1. The first-order valence-corrected chi connectivity index (χ1v) is 6.19. The van der Waals surface area contributed by atoms with E-state index in [1.807, 2.05) is 6.92 Å². The molecule has 4 heteroatoms. The van der Waals surface area contributed by atoms with Crippen LogP contribution >= 0.6 is 0 Å². The number of nitrogens with two attached hydrogens (primary N) is 1. The number of nitrogens with one attached hydrogen (secondary N) is 1. The zero-order chi connectivity index (χ0) is 12.2. The Hall–Kier alpha value is -0.610. The first-order valence-electron chi connectivity index (χ1n) is 6.19. The van der Waals surface area contributed by atoms with Crippen molar-refractivity contribution in [1.29, 1.82) is 0 Å². The molecule has 0 aliphatic carbocycles. The van der Waals surface area contributed by atoms with Crippen molar-refractivity contribution in [3.63, 3.8) is 0 Å². The van der Waals surface area contributed by atoms with Crippen molar-refractivity contribution in [2.75, 3.05) is 26.2 Å². The summed E-state index contributed by atoms with van der Waals surface area (Å²) in [4.78, 5) is 13.6. The molecule has 3 N–H and O–H groups in total. The zero-order valence-electron chi connectivity index (χ0n) is 10.8. The van der Waals surface area contributed by atoms with Gasteiger partial charge in [0.2, 0.25) is 5.91 Å². The van der Waals surface area contributed by atoms with E-state index in [1.54, 1.807) is 0 Å². The third kappa shape index (κ3) is 4.10. The molecular formula is C12H25N3O. The standard InChI is InChI=1S/C12H25N3O/c1-4-14-10(11(13)16)8-15-7-5-6-12(2,3)9-15/h10,14H,4-9H2,1-3H3,(H2,13,16). The maximum atomic E-state index is 11.3. The van der Waals surface area contributed by atoms with E-state index in [1.165, 1.54) is 12.8 Å². The second-order valence-corrected chi connectivity index (χ2v) is 5.52. The number of hydrogen-bond acceptors (Lipinski definition) is 3. The highest BCUT2D eigenvalue weighted by Gasteiger charge is 2.28. The van der Waals surface area contributed by atoms with Crippen LogP contribution < -0.4 is 11.1 Å². The van der Waals surface area contributed by atoms with Gasteiger partial charge in [-0.2, -0.15) is 0 Å². The van der Waals surface area contributed by atoms with Crippen LogP contribution in [0.4, 0.5) is 0 Å². The van der Waals surface area contributed by atoms with Crippen LogP contribution in [0.15, 0.2) is 0 Å². The summed E-state index contributed by atoms with van der Waals surface area (Å²) in [5.74, 6) is -0.245. The lowest BCUT2D eigenvalue weighted by Gasteiger charge is -2.39. The van der Waals surface area contributed by atoms with Crippen LogP contribution in [0.2, 0.25) is 0 Å². The molecule has 16 heavy (non-hydrogen) atoms. The first kappa shape index (κ1) is 13.5. The molecule has 1 aliphatic rings. The second-order valence-electron chi connectivity index (χ2n) is 5.52. The van der Waals surface area contributed by atoms with Gasteiger partial charge in [0.05, 0.1) is 6.04 Å². The normalized spacial score (nSPS) is 22.9. The minimum absolute atomic E-state index is 0.209. The molecule has 1 saturated heterocycles. The molecule has 94 valence electrons. The highest BCUT2D eigenvalue weighted by atomic mass is 16.1. The van der Waals surface area contributed by atoms with Crippen molar-refractivity contribution in [2.24, 2.45) is 11.1 Å². The molecular weight excluding hydrogens is 202 g/mol. The van der Waals surface area contributed by atoms with Gasteiger partial charge in [-0.15, -0.1) is 0 Å². The monoisotopic (exact) mass is 227 g/mol. The zero-order valence-corrected chi connectivity index (χ0v) is 10.8. The van der Waals surface area contributed by atoms with E-state index in [0.29, 0.717) is 5.41 Å². The Labute approximate surface area is 98.6 Å². The topological polar surface area (TPSA) is 58.4 Å². The van der Waals surface area contributed by atoms with Gasteiger partial charge in [-0.1, -0.05) is 20.8 Å². The molecule has 1 rings (SSSR count). The molecule has 1 heterocycles. The fourth-order valence-electron chi connectivity index (χ4n) is 2.46. The van der Waals surface area contributed by atoms with E-state index in [9.17, 15) is 4.79 Å². The number of primary amides is 1. The molecule has 0 radical (unpaired) electrons. The van der Waals surface area contributed by atoms with E-state index >= 15 is 0 Å². The Morgan fingerprint density at radius 2 is 2.25 bits per heavy atom. The summed E-state index contributed by atoms with van der Waals surface area (Å²) in [6.45, 7) is 10.2. The fourth-order valence-corrected chi connectivity index (χ4v) is 2.46. The average molecular weight is 227 g/mol. The molecule has 1 atom stereocenters. The average Bonchev–Trinajstić information content (AvgIpc) is 2.15. The first-order chi connectivity index (χ1) is 7.44. The number of rotatable bonds is 5. The van der Waals surface area contributed by atoms with Gasteiger partial charge >= 0.3 is 0 Å². The lowest BCUT2D eigenvalue weighted by atomic mass is 9.84. The molecule has 1 aliphatic heterocycles. The fraction of sp³-hybridized carbons (Fsp3) is 0.917. The number of hydrogen-bond donors (Lipinski definition) is 2. The molecule has 1 amide bonds. The highest BCUT2D eigenvalue weighted by molar-refractivity contribution is 5.80. The van der Waals surface area contributed by atoms with Crippen LogP contribution in [-0.4, -0.2) is 43.0 Å². The molecule has 0 spiro atoms. The lowest BCUT2D eigenvalue weighted by molar-refractivity contribution is -0.120. The van der Waals surface area contributed by atoms with E-state index in [-0.39, 0.29) is 11.9 Å². The van der Waals surface area contributed by atoms with E-state index in [0.717, 1.165) is 26.2 Å². The van der Waals surface area contributed by atoms with Crippen molar-refractivity contribution in [3.8, 4) is 0 Å². The van der Waals surface area contributed by atoms with E-state index in [4.69, 9.17) is 5.73 Å². The summed E-state index contributed by atoms with van der Waals surface area (Å²) in [6.07, 6.45) is 2.48. The van der Waals surface area contributed by atoms with Gasteiger partial charge in [0, 0.05) is 13.1 Å². The van der Waals surface area contributed by atoms with Crippen LogP contribution in [0.3, 0.4) is 0 Å². The molecule has 0 aromatic rings. The number of likely N-dealkylation sites (tertiary alicyclic amines) is 1. The quantitative estimate of drug-likeness (QED) is 0.722. The highest BCUT2D eigenvalue weighted by Crippen LogP contribution is 2.28. The molecule has 0 saturated carbocycles. The second kappa shape index (κ2) is 5.64. The van der Waals surface area contributed by atoms with Gasteiger partial charge < -0.3 is 16.0 Å². The Kier molecular flexibility index (Phi) is 4.74. The Bertz CT molecular complexity index is 240. The van der Waals surface area contributed by atoms with Crippen LogP contribution in [0, 0.1) is 5.41 Å². The third-order valence-electron chi connectivity index (χ3n) is 3.21. The van der Waals surface area contributed by atoms with E-state index in [2.05, 4.69) is 24.1 Å². The summed E-state index contributed by atoms with van der Waals surface area (Å²) >= 11 is 0. The van der Waals surface area contributed by atoms with Gasteiger partial charge in [-0.05, 0) is 31.3 Å². The maximum absolute atomic E-state index is 11.3. The van der Waals surface area contributed by atoms with Crippen molar-refractivity contribution in [1.82, 2.24) is 10.2 Å². The predicted octanol–water partition coefficient (Wildman–Crippen LogP) is 0.572. The molecule has 4 nitrogen and oxygen atoms in total. The summed E-state index contributed by atoms with van der Waals surface area (Å²) in [7, 11) is 0. The number of carbonyl (C=O) groups excluding carboxylic acids is 1. The largest absolute Gasteiger partial charge is 0.368 e. The molecule has 1 fully saturated rings. The summed E-state index contributed by atoms with van der Waals surface area (Å²) < 4.78 is 0. The summed E-state index contributed by atoms with van der Waals surface area (Å²) in [5, 5.41) is 3.14. The maximum Gasteiger partial charge on any atom is 0.235 e. The van der Waals surface area contributed by atoms with Crippen LogP contribution in [-0.2, 0) is 4.79 Å². The number of nitrogens with zero attached hydrogens (tertiary/aromatic N) is 1. The van der Waals surface area contributed by atoms with Crippen LogP contribution in [0.25, 0.3) is 0 Å². The van der Waals surface area contributed by atoms with Gasteiger partial charge in [0.25, 0.3) is 0 Å². The minimum atomic E-state index is -0.245. The Balaban J connectivity index is 2.48. The smallest absolute Gasteiger partial charge is 0.235 e. The summed E-state index contributed by atoms with van der Waals surface area (Å²) in [6, 6.07) is -0.209. The van der Waals surface area contributed by atoms with Crippen molar-refractivity contribution in [3.05, 3.63) is 0 Å². The SMILES string of the molecule is CCNC(CN1CCCC(C)(C)C1)C(N)=O. The lowest BCUT2D eigenvalue weighted by Crippen LogP contribution is -2.52. The van der Waals surface area contributed by atoms with Crippen molar-refractivity contribution in [2.45, 2.75) is 39.7 Å². The summed E-state index contributed by atoms with van der Waals surface area (Å²) in [5.41, 5.74) is 5.75.